The summed E-state index contributed by atoms with van der Waals surface area (Å²) in [6.07, 6.45) is 1.57. The lowest BCUT2D eigenvalue weighted by atomic mass is 10.2. The van der Waals surface area contributed by atoms with Gasteiger partial charge >= 0.3 is 0 Å². The summed E-state index contributed by atoms with van der Waals surface area (Å²) in [7, 11) is 0. The van der Waals surface area contributed by atoms with E-state index in [2.05, 4.69) is 31.4 Å². The van der Waals surface area contributed by atoms with Crippen molar-refractivity contribution in [2.24, 2.45) is 0 Å². The van der Waals surface area contributed by atoms with Crippen LogP contribution < -0.4 is 5.32 Å². The lowest BCUT2D eigenvalue weighted by Crippen LogP contribution is -2.24. The number of phenolic OH excluding ortho intramolecular Hbond substituents is 1. The van der Waals surface area contributed by atoms with E-state index in [0.717, 1.165) is 10.2 Å². The number of halogens is 1. The predicted octanol–water partition coefficient (Wildman–Crippen LogP) is 4.40. The van der Waals surface area contributed by atoms with Crippen LogP contribution in [-0.4, -0.2) is 31.5 Å². The zero-order valence-corrected chi connectivity index (χ0v) is 18.1. The number of para-hydroxylation sites is 1. The van der Waals surface area contributed by atoms with Crippen LogP contribution in [0.5, 0.6) is 5.75 Å². The fourth-order valence-electron chi connectivity index (χ4n) is 2.82. The summed E-state index contributed by atoms with van der Waals surface area (Å²) in [6.45, 7) is 0.328. The van der Waals surface area contributed by atoms with Gasteiger partial charge < -0.3 is 14.8 Å². The van der Waals surface area contributed by atoms with Crippen molar-refractivity contribution in [2.75, 3.05) is 5.75 Å². The highest BCUT2D eigenvalue weighted by molar-refractivity contribution is 9.10. The number of furan rings is 1. The van der Waals surface area contributed by atoms with E-state index in [0.29, 0.717) is 28.8 Å². The standard InChI is InChI=1S/C21H17BrN4O3S/c22-14-8-9-18(27)17(11-14)20-24-25-21(26(20)15-5-2-1-3-6-15)30-13-19(28)23-12-16-7-4-10-29-16/h1-11,27H,12-13H2,(H,23,28). The summed E-state index contributed by atoms with van der Waals surface area (Å²) in [5.74, 6) is 1.28. The summed E-state index contributed by atoms with van der Waals surface area (Å²) in [4.78, 5) is 12.3. The smallest absolute Gasteiger partial charge is 0.230 e. The first-order valence-electron chi connectivity index (χ1n) is 9.03. The molecule has 2 heterocycles. The van der Waals surface area contributed by atoms with Crippen molar-refractivity contribution in [3.8, 4) is 22.8 Å². The Morgan fingerprint density at radius 2 is 1.97 bits per heavy atom. The van der Waals surface area contributed by atoms with Gasteiger partial charge in [-0.05, 0) is 42.5 Å². The van der Waals surface area contributed by atoms with Gasteiger partial charge in [0.2, 0.25) is 5.91 Å². The molecule has 0 saturated heterocycles. The zero-order chi connectivity index (χ0) is 20.9. The Kier molecular flexibility index (Phi) is 6.20. The molecule has 0 unspecified atom stereocenters. The Hall–Kier alpha value is -3.04. The third-order valence-electron chi connectivity index (χ3n) is 4.22. The molecule has 7 nitrogen and oxygen atoms in total. The van der Waals surface area contributed by atoms with Crippen LogP contribution in [-0.2, 0) is 11.3 Å². The molecular weight excluding hydrogens is 468 g/mol. The van der Waals surface area contributed by atoms with Crippen LogP contribution in [0.15, 0.2) is 81.0 Å². The van der Waals surface area contributed by atoms with Crippen LogP contribution in [0.1, 0.15) is 5.76 Å². The summed E-state index contributed by atoms with van der Waals surface area (Å²) < 4.78 is 7.86. The number of aromatic hydroxyl groups is 1. The SMILES string of the molecule is O=C(CSc1nnc(-c2cc(Br)ccc2O)n1-c1ccccc1)NCc1ccco1. The van der Waals surface area contributed by atoms with E-state index < -0.39 is 0 Å². The average molecular weight is 485 g/mol. The molecule has 0 aliphatic heterocycles. The lowest BCUT2D eigenvalue weighted by Gasteiger charge is -2.11. The van der Waals surface area contributed by atoms with Gasteiger partial charge in [-0.2, -0.15) is 0 Å². The van der Waals surface area contributed by atoms with Crippen molar-refractivity contribution in [3.05, 3.63) is 77.2 Å². The molecule has 30 heavy (non-hydrogen) atoms. The Balaban J connectivity index is 1.59. The van der Waals surface area contributed by atoms with Gasteiger partial charge in [0.25, 0.3) is 0 Å². The first-order chi connectivity index (χ1) is 14.6. The van der Waals surface area contributed by atoms with Crippen LogP contribution in [0.3, 0.4) is 0 Å². The number of carbonyl (C=O) groups is 1. The number of carbonyl (C=O) groups excluding carboxylic acids is 1. The summed E-state index contributed by atoms with van der Waals surface area (Å²) in [5.41, 5.74) is 1.37. The molecule has 0 atom stereocenters. The van der Waals surface area contributed by atoms with Crippen LogP contribution in [0, 0.1) is 0 Å². The molecule has 4 aromatic rings. The highest BCUT2D eigenvalue weighted by Gasteiger charge is 2.19. The van der Waals surface area contributed by atoms with Gasteiger partial charge in [0.05, 0.1) is 24.1 Å². The second-order valence-corrected chi connectivity index (χ2v) is 8.14. The number of rotatable bonds is 7. The van der Waals surface area contributed by atoms with Crippen LogP contribution in [0.25, 0.3) is 17.1 Å². The molecule has 1 amide bonds. The normalized spacial score (nSPS) is 10.8. The Bertz CT molecular complexity index is 1150. The minimum Gasteiger partial charge on any atom is -0.507 e. The molecule has 0 aliphatic rings. The minimum atomic E-state index is -0.147. The molecule has 0 radical (unpaired) electrons. The van der Waals surface area contributed by atoms with Crippen molar-refractivity contribution < 1.29 is 14.3 Å². The van der Waals surface area contributed by atoms with E-state index in [4.69, 9.17) is 4.42 Å². The number of hydrogen-bond acceptors (Lipinski definition) is 6. The molecule has 2 aromatic carbocycles. The predicted molar refractivity (Wildman–Crippen MR) is 117 cm³/mol. The fourth-order valence-corrected chi connectivity index (χ4v) is 3.96. The largest absolute Gasteiger partial charge is 0.507 e. The third-order valence-corrected chi connectivity index (χ3v) is 5.64. The molecule has 0 fully saturated rings. The number of benzene rings is 2. The van der Waals surface area contributed by atoms with E-state index in [1.807, 2.05) is 34.9 Å². The van der Waals surface area contributed by atoms with Gasteiger partial charge in [0, 0.05) is 10.2 Å². The van der Waals surface area contributed by atoms with E-state index >= 15 is 0 Å². The second-order valence-electron chi connectivity index (χ2n) is 6.28. The third kappa shape index (κ3) is 4.58. The molecule has 4 rings (SSSR count). The van der Waals surface area contributed by atoms with Crippen molar-refractivity contribution in [2.45, 2.75) is 11.7 Å². The maximum atomic E-state index is 12.3. The van der Waals surface area contributed by atoms with Crippen molar-refractivity contribution in [3.63, 3.8) is 0 Å². The Morgan fingerprint density at radius 1 is 1.13 bits per heavy atom. The highest BCUT2D eigenvalue weighted by Crippen LogP contribution is 2.34. The molecule has 0 saturated carbocycles. The van der Waals surface area contributed by atoms with Crippen molar-refractivity contribution in [1.29, 1.82) is 0 Å². The summed E-state index contributed by atoms with van der Waals surface area (Å²) in [5, 5.41) is 22.3. The molecule has 0 bridgehead atoms. The van der Waals surface area contributed by atoms with Gasteiger partial charge in [0.15, 0.2) is 11.0 Å². The molecule has 2 N–H and O–H groups in total. The van der Waals surface area contributed by atoms with Crippen LogP contribution in [0.2, 0.25) is 0 Å². The zero-order valence-electron chi connectivity index (χ0n) is 15.7. The average Bonchev–Trinajstić information content (AvgIpc) is 3.43. The second kappa shape index (κ2) is 9.19. The van der Waals surface area contributed by atoms with Crippen LogP contribution >= 0.6 is 27.7 Å². The quantitative estimate of drug-likeness (QED) is 0.377. The Labute approximate surface area is 185 Å². The number of amides is 1. The monoisotopic (exact) mass is 484 g/mol. The van der Waals surface area contributed by atoms with Gasteiger partial charge in [-0.3, -0.25) is 9.36 Å². The maximum absolute atomic E-state index is 12.3. The number of phenols is 1. The molecule has 0 spiro atoms. The van der Waals surface area contributed by atoms with Gasteiger partial charge in [-0.1, -0.05) is 45.9 Å². The number of hydrogen-bond donors (Lipinski definition) is 2. The molecule has 152 valence electrons. The van der Waals surface area contributed by atoms with E-state index in [9.17, 15) is 9.90 Å². The minimum absolute atomic E-state index is 0.0931. The number of aromatic nitrogens is 3. The molecule has 0 aliphatic carbocycles. The fraction of sp³-hybridized carbons (Fsp3) is 0.0952. The lowest BCUT2D eigenvalue weighted by molar-refractivity contribution is -0.118. The topological polar surface area (TPSA) is 93.2 Å². The van der Waals surface area contributed by atoms with Crippen LogP contribution in [0.4, 0.5) is 0 Å². The van der Waals surface area contributed by atoms with E-state index in [-0.39, 0.29) is 17.4 Å². The first-order valence-corrected chi connectivity index (χ1v) is 10.8. The number of nitrogens with one attached hydrogen (secondary N) is 1. The molecule has 9 heteroatoms. The van der Waals surface area contributed by atoms with Crippen molar-refractivity contribution in [1.82, 2.24) is 20.1 Å². The van der Waals surface area contributed by atoms with E-state index in [1.54, 1.807) is 36.6 Å². The van der Waals surface area contributed by atoms with E-state index in [1.165, 1.54) is 11.8 Å². The Morgan fingerprint density at radius 3 is 2.73 bits per heavy atom. The maximum Gasteiger partial charge on any atom is 0.230 e. The highest BCUT2D eigenvalue weighted by atomic mass is 79.9. The van der Waals surface area contributed by atoms with Crippen molar-refractivity contribution >= 4 is 33.6 Å². The van der Waals surface area contributed by atoms with Gasteiger partial charge in [0.1, 0.15) is 11.5 Å². The first kappa shape index (κ1) is 20.2. The summed E-state index contributed by atoms with van der Waals surface area (Å²) in [6, 6.07) is 18.3. The van der Waals surface area contributed by atoms with Gasteiger partial charge in [-0.15, -0.1) is 10.2 Å². The molecular formula is C21H17BrN4O3S. The van der Waals surface area contributed by atoms with Gasteiger partial charge in [-0.25, -0.2) is 0 Å². The summed E-state index contributed by atoms with van der Waals surface area (Å²) >= 11 is 4.70. The number of nitrogens with zero attached hydrogens (tertiary/aromatic N) is 3. The number of thioether (sulfide) groups is 1. The molecule has 2 aromatic heterocycles.